The smallest absolute Gasteiger partial charge is 0.320 e. The molecule has 4 nitrogen and oxygen atoms in total. The molecular formula is C17H23ClFNO3. The number of likely N-dealkylation sites (tertiary alicyclic amines) is 1. The van der Waals surface area contributed by atoms with Gasteiger partial charge in [-0.15, -0.1) is 12.4 Å². The zero-order valence-corrected chi connectivity index (χ0v) is 13.8. The highest BCUT2D eigenvalue weighted by Crippen LogP contribution is 2.39. The number of carboxylic acid groups (broad SMARTS) is 1. The Morgan fingerprint density at radius 2 is 2.04 bits per heavy atom. The number of carbonyl (C=O) groups is 1. The molecule has 1 aliphatic carbocycles. The summed E-state index contributed by atoms with van der Waals surface area (Å²) in [5, 5.41) is 9.45. The number of hydrogen-bond acceptors (Lipinski definition) is 3. The highest BCUT2D eigenvalue weighted by molar-refractivity contribution is 5.85. The summed E-state index contributed by atoms with van der Waals surface area (Å²) in [6.45, 7) is 0.848. The highest BCUT2D eigenvalue weighted by Gasteiger charge is 2.44. The molecule has 128 valence electrons. The van der Waals surface area contributed by atoms with Gasteiger partial charge in [0.05, 0.1) is 0 Å². The number of halogens is 2. The van der Waals surface area contributed by atoms with Gasteiger partial charge in [0.1, 0.15) is 12.6 Å². The normalized spacial score (nSPS) is 27.1. The number of aliphatic carboxylic acids is 1. The van der Waals surface area contributed by atoms with Crippen LogP contribution < -0.4 is 4.74 Å². The fourth-order valence-electron chi connectivity index (χ4n) is 3.94. The topological polar surface area (TPSA) is 49.8 Å². The second-order valence-electron chi connectivity index (χ2n) is 6.22. The monoisotopic (exact) mass is 343 g/mol. The lowest BCUT2D eigenvalue weighted by Gasteiger charge is -2.32. The van der Waals surface area contributed by atoms with E-state index in [4.69, 9.17) is 4.74 Å². The maximum Gasteiger partial charge on any atom is 0.320 e. The first kappa shape index (κ1) is 18.0. The van der Waals surface area contributed by atoms with E-state index in [1.807, 2.05) is 0 Å². The number of carboxylic acids is 1. The summed E-state index contributed by atoms with van der Waals surface area (Å²) in [5.74, 6) is -0.411. The van der Waals surface area contributed by atoms with Crippen molar-refractivity contribution >= 4 is 18.4 Å². The third-order valence-electron chi connectivity index (χ3n) is 4.95. The Balaban J connectivity index is 0.00000192. The number of hydrogen-bond donors (Lipinski definition) is 1. The van der Waals surface area contributed by atoms with E-state index < -0.39 is 12.0 Å². The molecule has 0 aromatic heterocycles. The molecule has 3 atom stereocenters. The van der Waals surface area contributed by atoms with Gasteiger partial charge in [-0.3, -0.25) is 9.69 Å². The van der Waals surface area contributed by atoms with E-state index in [0.717, 1.165) is 25.7 Å². The fourth-order valence-corrected chi connectivity index (χ4v) is 3.94. The number of rotatable bonds is 5. The van der Waals surface area contributed by atoms with Gasteiger partial charge in [0.2, 0.25) is 0 Å². The summed E-state index contributed by atoms with van der Waals surface area (Å²) in [5.41, 5.74) is 0. The Labute approximate surface area is 142 Å². The summed E-state index contributed by atoms with van der Waals surface area (Å²) in [7, 11) is 0. The second-order valence-corrected chi connectivity index (χ2v) is 6.22. The maximum atomic E-state index is 13.5. The van der Waals surface area contributed by atoms with Gasteiger partial charge in [-0.2, -0.15) is 0 Å². The van der Waals surface area contributed by atoms with Crippen molar-refractivity contribution < 1.29 is 19.0 Å². The molecule has 1 aliphatic heterocycles. The van der Waals surface area contributed by atoms with Crippen LogP contribution in [0.25, 0.3) is 0 Å². The van der Waals surface area contributed by atoms with Gasteiger partial charge >= 0.3 is 5.97 Å². The number of para-hydroxylation sites is 1. The van der Waals surface area contributed by atoms with Crippen molar-refractivity contribution in [2.24, 2.45) is 5.92 Å². The van der Waals surface area contributed by atoms with Crippen molar-refractivity contribution in [3.05, 3.63) is 30.1 Å². The minimum Gasteiger partial charge on any atom is -0.489 e. The average Bonchev–Trinajstić information content (AvgIpc) is 2.88. The minimum absolute atomic E-state index is 0. The summed E-state index contributed by atoms with van der Waals surface area (Å²) < 4.78 is 19.0. The van der Waals surface area contributed by atoms with E-state index in [-0.39, 0.29) is 24.0 Å². The Kier molecular flexibility index (Phi) is 6.25. The van der Waals surface area contributed by atoms with E-state index in [2.05, 4.69) is 4.90 Å². The van der Waals surface area contributed by atoms with E-state index in [1.54, 1.807) is 18.2 Å². The summed E-state index contributed by atoms with van der Waals surface area (Å²) >= 11 is 0. The van der Waals surface area contributed by atoms with Gasteiger partial charge < -0.3 is 9.84 Å². The lowest BCUT2D eigenvalue weighted by atomic mass is 9.85. The zero-order valence-electron chi connectivity index (χ0n) is 13.0. The molecular weight excluding hydrogens is 321 g/mol. The van der Waals surface area contributed by atoms with Gasteiger partial charge in [0.25, 0.3) is 0 Å². The highest BCUT2D eigenvalue weighted by atomic mass is 35.5. The number of fused-ring (bicyclic) bond motifs is 1. The average molecular weight is 344 g/mol. The van der Waals surface area contributed by atoms with Crippen molar-refractivity contribution in [3.8, 4) is 5.75 Å². The van der Waals surface area contributed by atoms with E-state index in [1.165, 1.54) is 12.5 Å². The minimum atomic E-state index is -0.750. The van der Waals surface area contributed by atoms with Crippen LogP contribution in [0.15, 0.2) is 24.3 Å². The molecule has 1 saturated heterocycles. The standard InChI is InChI=1S/C17H22FNO3.ClH/c18-13-6-2-4-8-16(13)22-10-9-19-14-7-3-1-5-12(14)11-15(19)17(20)21;/h2,4,6,8,12,14-15H,1,3,5,7,9-11H2,(H,20,21);1H. The lowest BCUT2D eigenvalue weighted by Crippen LogP contribution is -2.44. The van der Waals surface area contributed by atoms with E-state index >= 15 is 0 Å². The molecule has 0 radical (unpaired) electrons. The predicted molar refractivity (Wildman–Crippen MR) is 87.6 cm³/mol. The number of benzene rings is 1. The molecule has 3 rings (SSSR count). The quantitative estimate of drug-likeness (QED) is 0.890. The van der Waals surface area contributed by atoms with Crippen LogP contribution in [0.1, 0.15) is 32.1 Å². The first-order valence-electron chi connectivity index (χ1n) is 8.02. The lowest BCUT2D eigenvalue weighted by molar-refractivity contribution is -0.142. The van der Waals surface area contributed by atoms with Gasteiger partial charge in [0, 0.05) is 12.6 Å². The summed E-state index contributed by atoms with van der Waals surface area (Å²) in [4.78, 5) is 13.6. The van der Waals surface area contributed by atoms with E-state index in [0.29, 0.717) is 25.1 Å². The van der Waals surface area contributed by atoms with Crippen LogP contribution in [-0.4, -0.2) is 41.2 Å². The Morgan fingerprint density at radius 3 is 2.78 bits per heavy atom. The number of ether oxygens (including phenoxy) is 1. The second kappa shape index (κ2) is 7.97. The van der Waals surface area contributed by atoms with Crippen LogP contribution in [0.5, 0.6) is 5.75 Å². The zero-order chi connectivity index (χ0) is 15.5. The van der Waals surface area contributed by atoms with Crippen molar-refractivity contribution in [3.63, 3.8) is 0 Å². The molecule has 1 heterocycles. The van der Waals surface area contributed by atoms with Crippen molar-refractivity contribution in [1.82, 2.24) is 4.90 Å². The van der Waals surface area contributed by atoms with Crippen molar-refractivity contribution in [2.45, 2.75) is 44.2 Å². The third kappa shape index (κ3) is 3.96. The van der Waals surface area contributed by atoms with Crippen LogP contribution in [-0.2, 0) is 4.79 Å². The molecule has 0 amide bonds. The van der Waals surface area contributed by atoms with Gasteiger partial charge in [-0.25, -0.2) is 4.39 Å². The van der Waals surface area contributed by atoms with E-state index in [9.17, 15) is 14.3 Å². The van der Waals surface area contributed by atoms with Gasteiger partial charge in [-0.05, 0) is 37.3 Å². The molecule has 6 heteroatoms. The van der Waals surface area contributed by atoms with Crippen molar-refractivity contribution in [1.29, 1.82) is 0 Å². The first-order chi connectivity index (χ1) is 10.7. The molecule has 1 aromatic carbocycles. The largest absolute Gasteiger partial charge is 0.489 e. The molecule has 23 heavy (non-hydrogen) atoms. The Morgan fingerprint density at radius 1 is 1.30 bits per heavy atom. The molecule has 0 bridgehead atoms. The SMILES string of the molecule is Cl.O=C(O)C1CC2CCCCC2N1CCOc1ccccc1F. The summed E-state index contributed by atoms with van der Waals surface area (Å²) in [6, 6.07) is 6.23. The van der Waals surface area contributed by atoms with Crippen LogP contribution in [0.3, 0.4) is 0 Å². The third-order valence-corrected chi connectivity index (χ3v) is 4.95. The fraction of sp³-hybridized carbons (Fsp3) is 0.588. The van der Waals surface area contributed by atoms with Gasteiger partial charge in [0.15, 0.2) is 11.6 Å². The molecule has 2 fully saturated rings. The Bertz CT molecular complexity index is 542. The number of nitrogens with zero attached hydrogens (tertiary/aromatic N) is 1. The molecule has 1 saturated carbocycles. The summed E-state index contributed by atoms with van der Waals surface area (Å²) in [6.07, 6.45) is 5.29. The van der Waals surface area contributed by atoms with Gasteiger partial charge in [-0.1, -0.05) is 25.0 Å². The predicted octanol–water partition coefficient (Wildman–Crippen LogP) is 3.34. The molecule has 1 N–H and O–H groups in total. The van der Waals surface area contributed by atoms with Crippen molar-refractivity contribution in [2.75, 3.05) is 13.2 Å². The molecule has 3 unspecified atom stereocenters. The van der Waals surface area contributed by atoms with Crippen LogP contribution in [0, 0.1) is 11.7 Å². The molecule has 2 aliphatic rings. The first-order valence-corrected chi connectivity index (χ1v) is 8.02. The maximum absolute atomic E-state index is 13.5. The molecule has 1 aromatic rings. The Hall–Kier alpha value is -1.33. The van der Waals surface area contributed by atoms with Crippen LogP contribution in [0.4, 0.5) is 4.39 Å². The van der Waals surface area contributed by atoms with Crippen LogP contribution >= 0.6 is 12.4 Å². The van der Waals surface area contributed by atoms with Crippen LogP contribution in [0.2, 0.25) is 0 Å². The molecule has 0 spiro atoms.